The van der Waals surface area contributed by atoms with Crippen molar-refractivity contribution in [3.05, 3.63) is 0 Å². The molecule has 15 heavy (non-hydrogen) atoms. The third-order valence-corrected chi connectivity index (χ3v) is 4.43. The molecule has 0 atom stereocenters. The highest BCUT2D eigenvalue weighted by atomic mass is 15.1. The minimum absolute atomic E-state index is 0.329. The Balaban J connectivity index is 1.80. The number of nitriles is 1. The maximum absolute atomic E-state index is 8.84. The van der Waals surface area contributed by atoms with Crippen LogP contribution in [0.15, 0.2) is 0 Å². The van der Waals surface area contributed by atoms with Crippen LogP contribution < -0.4 is 0 Å². The van der Waals surface area contributed by atoms with Gasteiger partial charge in [-0.2, -0.15) is 5.26 Å². The molecule has 84 valence electrons. The van der Waals surface area contributed by atoms with Crippen molar-refractivity contribution in [3.63, 3.8) is 0 Å². The van der Waals surface area contributed by atoms with Crippen molar-refractivity contribution in [2.45, 2.75) is 39.5 Å². The minimum atomic E-state index is 0.329. The van der Waals surface area contributed by atoms with Gasteiger partial charge in [-0.05, 0) is 50.1 Å². The molecule has 1 aliphatic carbocycles. The van der Waals surface area contributed by atoms with Crippen LogP contribution in [0.3, 0.4) is 0 Å². The number of likely N-dealkylation sites (tertiary alicyclic amines) is 1. The average molecular weight is 206 g/mol. The summed E-state index contributed by atoms with van der Waals surface area (Å²) in [5, 5.41) is 8.84. The van der Waals surface area contributed by atoms with E-state index < -0.39 is 0 Å². The van der Waals surface area contributed by atoms with E-state index in [2.05, 4.69) is 24.8 Å². The second kappa shape index (κ2) is 4.14. The Labute approximate surface area is 93.3 Å². The van der Waals surface area contributed by atoms with Crippen molar-refractivity contribution in [1.29, 1.82) is 5.26 Å². The zero-order valence-electron chi connectivity index (χ0n) is 10.00. The van der Waals surface area contributed by atoms with Gasteiger partial charge in [-0.25, -0.2) is 0 Å². The lowest BCUT2D eigenvalue weighted by Gasteiger charge is -2.33. The Morgan fingerprint density at radius 1 is 1.33 bits per heavy atom. The molecule has 1 aliphatic heterocycles. The number of hydrogen-bond acceptors (Lipinski definition) is 2. The summed E-state index contributed by atoms with van der Waals surface area (Å²) in [6, 6.07) is 2.40. The van der Waals surface area contributed by atoms with Gasteiger partial charge >= 0.3 is 0 Å². The lowest BCUT2D eigenvalue weighted by Crippen LogP contribution is -2.38. The summed E-state index contributed by atoms with van der Waals surface area (Å²) < 4.78 is 0. The second-order valence-corrected chi connectivity index (χ2v) is 5.70. The van der Waals surface area contributed by atoms with Gasteiger partial charge in [-0.15, -0.1) is 0 Å². The van der Waals surface area contributed by atoms with E-state index in [0.717, 1.165) is 31.8 Å². The number of piperidine rings is 1. The minimum Gasteiger partial charge on any atom is -0.303 e. The molecule has 0 N–H and O–H groups in total. The van der Waals surface area contributed by atoms with Crippen molar-refractivity contribution in [2.75, 3.05) is 19.6 Å². The largest absolute Gasteiger partial charge is 0.303 e. The van der Waals surface area contributed by atoms with Gasteiger partial charge in [0, 0.05) is 12.5 Å². The van der Waals surface area contributed by atoms with Gasteiger partial charge in [0.15, 0.2) is 0 Å². The molecule has 1 saturated carbocycles. The van der Waals surface area contributed by atoms with Crippen molar-refractivity contribution in [2.24, 2.45) is 17.3 Å². The zero-order chi connectivity index (χ0) is 10.9. The van der Waals surface area contributed by atoms with Gasteiger partial charge in [-0.1, -0.05) is 13.8 Å². The second-order valence-electron chi connectivity index (χ2n) is 5.70. The lowest BCUT2D eigenvalue weighted by molar-refractivity contribution is 0.147. The van der Waals surface area contributed by atoms with Crippen LogP contribution in [0.1, 0.15) is 39.5 Å². The summed E-state index contributed by atoms with van der Waals surface area (Å²) in [6.07, 6.45) is 5.01. The molecule has 0 amide bonds. The Bertz CT molecular complexity index is 252. The average Bonchev–Trinajstić information content (AvgIpc) is 3.00. The van der Waals surface area contributed by atoms with E-state index in [9.17, 15) is 0 Å². The Kier molecular flexibility index (Phi) is 3.02. The first-order chi connectivity index (χ1) is 7.16. The van der Waals surface area contributed by atoms with Crippen molar-refractivity contribution in [1.82, 2.24) is 4.90 Å². The maximum Gasteiger partial charge on any atom is 0.0656 e. The number of rotatable bonds is 3. The van der Waals surface area contributed by atoms with Gasteiger partial charge < -0.3 is 4.90 Å². The molecule has 2 nitrogen and oxygen atoms in total. The highest BCUT2D eigenvalue weighted by Crippen LogP contribution is 2.52. The Hall–Kier alpha value is -0.550. The maximum atomic E-state index is 8.84. The molecular weight excluding hydrogens is 184 g/mol. The van der Waals surface area contributed by atoms with Gasteiger partial charge in [0.1, 0.15) is 0 Å². The van der Waals surface area contributed by atoms with E-state index in [-0.39, 0.29) is 0 Å². The van der Waals surface area contributed by atoms with Gasteiger partial charge in [0.2, 0.25) is 0 Å². The fraction of sp³-hybridized carbons (Fsp3) is 0.923. The topological polar surface area (TPSA) is 27.0 Å². The smallest absolute Gasteiger partial charge is 0.0656 e. The highest BCUT2D eigenvalue weighted by Gasteiger charge is 2.46. The summed E-state index contributed by atoms with van der Waals surface area (Å²) in [7, 11) is 0. The zero-order valence-corrected chi connectivity index (χ0v) is 10.00. The van der Waals surface area contributed by atoms with E-state index >= 15 is 0 Å². The molecule has 0 spiro atoms. The highest BCUT2D eigenvalue weighted by molar-refractivity contribution is 4.99. The summed E-state index contributed by atoms with van der Waals surface area (Å²) in [6.45, 7) is 8.28. The van der Waals surface area contributed by atoms with Gasteiger partial charge in [-0.3, -0.25) is 0 Å². The van der Waals surface area contributed by atoms with Crippen LogP contribution in [0.5, 0.6) is 0 Å². The SMILES string of the molecule is CC(C)C1(CN2CCC(C#N)CC2)CC1. The molecule has 1 heterocycles. The fourth-order valence-corrected chi connectivity index (χ4v) is 2.74. The van der Waals surface area contributed by atoms with Crippen molar-refractivity contribution in [3.8, 4) is 6.07 Å². The molecule has 0 bridgehead atoms. The molecule has 2 heteroatoms. The first-order valence-corrected chi connectivity index (χ1v) is 6.28. The number of nitrogens with zero attached hydrogens (tertiary/aromatic N) is 2. The molecular formula is C13H22N2. The Morgan fingerprint density at radius 2 is 1.93 bits per heavy atom. The predicted octanol–water partition coefficient (Wildman–Crippen LogP) is 2.66. The third kappa shape index (κ3) is 2.34. The first kappa shape index (κ1) is 11.0. The van der Waals surface area contributed by atoms with Crippen LogP contribution in [0.2, 0.25) is 0 Å². The fourth-order valence-electron chi connectivity index (χ4n) is 2.74. The van der Waals surface area contributed by atoms with Crippen LogP contribution in [0, 0.1) is 28.6 Å². The molecule has 0 aromatic heterocycles. The summed E-state index contributed by atoms with van der Waals surface area (Å²) in [5.74, 6) is 1.15. The molecule has 2 rings (SSSR count). The van der Waals surface area contributed by atoms with Crippen LogP contribution in [0.4, 0.5) is 0 Å². The van der Waals surface area contributed by atoms with Crippen molar-refractivity contribution >= 4 is 0 Å². The third-order valence-electron chi connectivity index (χ3n) is 4.43. The number of hydrogen-bond donors (Lipinski definition) is 0. The summed E-state index contributed by atoms with van der Waals surface area (Å²) >= 11 is 0. The Morgan fingerprint density at radius 3 is 2.33 bits per heavy atom. The van der Waals surface area contributed by atoms with Crippen LogP contribution in [-0.4, -0.2) is 24.5 Å². The normalized spacial score (nSPS) is 26.5. The van der Waals surface area contributed by atoms with Crippen LogP contribution >= 0.6 is 0 Å². The predicted molar refractivity (Wildman–Crippen MR) is 61.3 cm³/mol. The monoisotopic (exact) mass is 206 g/mol. The van der Waals surface area contributed by atoms with Gasteiger partial charge in [0.25, 0.3) is 0 Å². The molecule has 2 aliphatic rings. The van der Waals surface area contributed by atoms with E-state index in [1.54, 1.807) is 0 Å². The molecule has 0 radical (unpaired) electrons. The first-order valence-electron chi connectivity index (χ1n) is 6.28. The summed E-state index contributed by atoms with van der Waals surface area (Å²) in [4.78, 5) is 2.58. The van der Waals surface area contributed by atoms with E-state index in [1.165, 1.54) is 19.4 Å². The van der Waals surface area contributed by atoms with Gasteiger partial charge in [0.05, 0.1) is 6.07 Å². The molecule has 2 fully saturated rings. The van der Waals surface area contributed by atoms with E-state index in [4.69, 9.17) is 5.26 Å². The standard InChI is InChI=1S/C13H22N2/c1-11(2)13(5-6-13)10-15-7-3-12(9-14)4-8-15/h11-12H,3-8,10H2,1-2H3. The molecule has 1 saturated heterocycles. The van der Waals surface area contributed by atoms with Crippen LogP contribution in [-0.2, 0) is 0 Å². The summed E-state index contributed by atoms with van der Waals surface area (Å²) in [5.41, 5.74) is 0.638. The molecule has 0 aromatic carbocycles. The van der Waals surface area contributed by atoms with Crippen LogP contribution in [0.25, 0.3) is 0 Å². The molecule has 0 unspecified atom stereocenters. The quantitative estimate of drug-likeness (QED) is 0.710. The van der Waals surface area contributed by atoms with E-state index in [1.807, 2.05) is 0 Å². The van der Waals surface area contributed by atoms with E-state index in [0.29, 0.717) is 11.3 Å². The lowest BCUT2D eigenvalue weighted by atomic mass is 9.90. The van der Waals surface area contributed by atoms with Crippen molar-refractivity contribution < 1.29 is 0 Å². The molecule has 0 aromatic rings.